The lowest BCUT2D eigenvalue weighted by atomic mass is 9.85. The molecule has 32 heavy (non-hydrogen) atoms. The number of carboxylic acid groups (broad SMARTS) is 1. The largest absolute Gasteiger partial charge is 0.488 e. The van der Waals surface area contributed by atoms with Crippen LogP contribution in [-0.4, -0.2) is 16.1 Å². The van der Waals surface area contributed by atoms with E-state index in [0.717, 1.165) is 33.1 Å². The van der Waals surface area contributed by atoms with Crippen LogP contribution in [0.15, 0.2) is 78.2 Å². The quantitative estimate of drug-likeness (QED) is 0.318. The van der Waals surface area contributed by atoms with Crippen molar-refractivity contribution in [3.63, 3.8) is 0 Å². The van der Waals surface area contributed by atoms with Crippen molar-refractivity contribution in [1.82, 2.24) is 4.98 Å². The lowest BCUT2D eigenvalue weighted by molar-refractivity contribution is 0.0697. The summed E-state index contributed by atoms with van der Waals surface area (Å²) >= 11 is 7.85. The number of carbonyl (C=O) groups is 1. The van der Waals surface area contributed by atoms with Crippen LogP contribution in [0.1, 0.15) is 40.3 Å². The van der Waals surface area contributed by atoms with Gasteiger partial charge in [-0.3, -0.25) is 0 Å². The van der Waals surface area contributed by atoms with Gasteiger partial charge in [-0.05, 0) is 55.3 Å². The first kappa shape index (κ1) is 22.1. The van der Waals surface area contributed by atoms with Gasteiger partial charge in [-0.15, -0.1) is 11.3 Å². The zero-order valence-corrected chi connectivity index (χ0v) is 19.3. The van der Waals surface area contributed by atoms with E-state index in [1.54, 1.807) is 23.5 Å². The van der Waals surface area contributed by atoms with Gasteiger partial charge in [0, 0.05) is 21.4 Å². The van der Waals surface area contributed by atoms with Crippen molar-refractivity contribution in [1.29, 1.82) is 0 Å². The van der Waals surface area contributed by atoms with Crippen LogP contribution in [0.25, 0.3) is 11.3 Å². The molecule has 1 aromatic heterocycles. The fraction of sp³-hybridized carbons (Fsp3) is 0.154. The molecule has 0 saturated heterocycles. The number of aromatic carboxylic acids is 1. The van der Waals surface area contributed by atoms with Crippen LogP contribution < -0.4 is 4.74 Å². The first-order chi connectivity index (χ1) is 15.3. The molecular formula is C26H22ClNO3S. The molecule has 0 fully saturated rings. The van der Waals surface area contributed by atoms with Crippen molar-refractivity contribution < 1.29 is 14.6 Å². The highest BCUT2D eigenvalue weighted by molar-refractivity contribution is 7.10. The number of aromatic nitrogens is 1. The molecule has 1 N–H and O–H groups in total. The SMILES string of the molecule is CC(C)(c1ccc(C(=O)O)cc1)c1nc(-c2cc(Cl)ccc2OCc2ccccc2)cs1. The van der Waals surface area contributed by atoms with Crippen LogP contribution in [0.3, 0.4) is 0 Å². The highest BCUT2D eigenvalue weighted by Gasteiger charge is 2.27. The Kier molecular flexibility index (Phi) is 6.31. The van der Waals surface area contributed by atoms with Gasteiger partial charge in [0.25, 0.3) is 0 Å². The Hall–Kier alpha value is -3.15. The summed E-state index contributed by atoms with van der Waals surface area (Å²) in [7, 11) is 0. The maximum Gasteiger partial charge on any atom is 0.335 e. The topological polar surface area (TPSA) is 59.4 Å². The summed E-state index contributed by atoms with van der Waals surface area (Å²) in [5.74, 6) is -0.214. The molecule has 3 aromatic carbocycles. The number of hydrogen-bond acceptors (Lipinski definition) is 4. The van der Waals surface area contributed by atoms with Gasteiger partial charge in [-0.1, -0.05) is 54.1 Å². The fourth-order valence-electron chi connectivity index (χ4n) is 3.40. The Morgan fingerprint density at radius 2 is 1.78 bits per heavy atom. The Balaban J connectivity index is 1.62. The van der Waals surface area contributed by atoms with Crippen LogP contribution in [0.4, 0.5) is 0 Å². The number of halogens is 1. The smallest absolute Gasteiger partial charge is 0.335 e. The Morgan fingerprint density at radius 3 is 2.47 bits per heavy atom. The van der Waals surface area contributed by atoms with Gasteiger partial charge >= 0.3 is 5.97 Å². The van der Waals surface area contributed by atoms with E-state index in [9.17, 15) is 4.79 Å². The van der Waals surface area contributed by atoms with Gasteiger partial charge in [0.05, 0.1) is 11.3 Å². The third-order valence-electron chi connectivity index (χ3n) is 5.35. The number of carboxylic acids is 1. The number of hydrogen-bond donors (Lipinski definition) is 1. The van der Waals surface area contributed by atoms with Gasteiger partial charge in [0.1, 0.15) is 17.4 Å². The molecule has 162 valence electrons. The van der Waals surface area contributed by atoms with Crippen molar-refractivity contribution in [3.8, 4) is 17.0 Å². The second kappa shape index (κ2) is 9.15. The zero-order valence-electron chi connectivity index (χ0n) is 17.7. The first-order valence-electron chi connectivity index (χ1n) is 10.1. The van der Waals surface area contributed by atoms with Gasteiger partial charge in [0.15, 0.2) is 0 Å². The average molecular weight is 464 g/mol. The molecule has 0 unspecified atom stereocenters. The third-order valence-corrected chi connectivity index (χ3v) is 6.75. The summed E-state index contributed by atoms with van der Waals surface area (Å²) in [6, 6.07) is 22.5. The van der Waals surface area contributed by atoms with E-state index < -0.39 is 5.97 Å². The lowest BCUT2D eigenvalue weighted by Crippen LogP contribution is -2.18. The summed E-state index contributed by atoms with van der Waals surface area (Å²) in [4.78, 5) is 16.1. The fourth-order valence-corrected chi connectivity index (χ4v) is 4.54. The second-order valence-electron chi connectivity index (χ2n) is 7.96. The number of ether oxygens (including phenoxy) is 1. The first-order valence-corrected chi connectivity index (χ1v) is 11.4. The second-order valence-corrected chi connectivity index (χ2v) is 9.25. The van der Waals surface area contributed by atoms with E-state index in [0.29, 0.717) is 11.6 Å². The Labute approximate surface area is 196 Å². The molecule has 0 aliphatic heterocycles. The van der Waals surface area contributed by atoms with E-state index in [2.05, 4.69) is 13.8 Å². The molecular weight excluding hydrogens is 442 g/mol. The van der Waals surface area contributed by atoms with Crippen LogP contribution >= 0.6 is 22.9 Å². The van der Waals surface area contributed by atoms with E-state index in [1.807, 2.05) is 66.0 Å². The number of nitrogens with zero attached hydrogens (tertiary/aromatic N) is 1. The highest BCUT2D eigenvalue weighted by atomic mass is 35.5. The normalized spacial score (nSPS) is 11.3. The summed E-state index contributed by atoms with van der Waals surface area (Å²) in [6.45, 7) is 4.61. The standard InChI is InChI=1S/C26H22ClNO3S/c1-26(2,19-10-8-18(9-11-19)24(29)30)25-28-22(16-32-25)21-14-20(27)12-13-23(21)31-15-17-6-4-3-5-7-17/h3-14,16H,15H2,1-2H3,(H,29,30). The van der Waals surface area contributed by atoms with Crippen molar-refractivity contribution in [3.05, 3.63) is 105 Å². The molecule has 0 bridgehead atoms. The number of thiazole rings is 1. The van der Waals surface area contributed by atoms with E-state index >= 15 is 0 Å². The highest BCUT2D eigenvalue weighted by Crippen LogP contribution is 2.39. The molecule has 0 aliphatic carbocycles. The minimum atomic E-state index is -0.935. The summed E-state index contributed by atoms with van der Waals surface area (Å²) < 4.78 is 6.10. The molecule has 0 spiro atoms. The van der Waals surface area contributed by atoms with Crippen LogP contribution in [0.5, 0.6) is 5.75 Å². The third kappa shape index (κ3) is 4.69. The van der Waals surface area contributed by atoms with Crippen LogP contribution in [0.2, 0.25) is 5.02 Å². The molecule has 0 amide bonds. The van der Waals surface area contributed by atoms with Gasteiger partial charge in [0.2, 0.25) is 0 Å². The predicted molar refractivity (Wildman–Crippen MR) is 129 cm³/mol. The molecule has 6 heteroatoms. The minimum Gasteiger partial charge on any atom is -0.488 e. The Bertz CT molecular complexity index is 1230. The van der Waals surface area contributed by atoms with E-state index in [1.165, 1.54) is 0 Å². The minimum absolute atomic E-state index is 0.267. The number of rotatable bonds is 7. The lowest BCUT2D eigenvalue weighted by Gasteiger charge is -2.22. The van der Waals surface area contributed by atoms with Crippen molar-refractivity contribution >= 4 is 28.9 Å². The maximum absolute atomic E-state index is 11.2. The van der Waals surface area contributed by atoms with Crippen molar-refractivity contribution in [2.24, 2.45) is 0 Å². The van der Waals surface area contributed by atoms with Gasteiger partial charge < -0.3 is 9.84 Å². The molecule has 4 rings (SSSR count). The van der Waals surface area contributed by atoms with E-state index in [4.69, 9.17) is 26.4 Å². The van der Waals surface area contributed by atoms with Crippen molar-refractivity contribution in [2.45, 2.75) is 25.9 Å². The molecule has 0 aliphatic rings. The van der Waals surface area contributed by atoms with E-state index in [-0.39, 0.29) is 11.0 Å². The molecule has 4 aromatic rings. The summed E-state index contributed by atoms with van der Waals surface area (Å²) in [5.41, 5.74) is 3.60. The molecule has 0 atom stereocenters. The molecule has 0 radical (unpaired) electrons. The maximum atomic E-state index is 11.2. The van der Waals surface area contributed by atoms with Crippen molar-refractivity contribution in [2.75, 3.05) is 0 Å². The average Bonchev–Trinajstić information content (AvgIpc) is 3.30. The molecule has 4 nitrogen and oxygen atoms in total. The van der Waals surface area contributed by atoms with Gasteiger partial charge in [-0.2, -0.15) is 0 Å². The molecule has 0 saturated carbocycles. The number of benzene rings is 3. The van der Waals surface area contributed by atoms with Gasteiger partial charge in [-0.25, -0.2) is 9.78 Å². The summed E-state index contributed by atoms with van der Waals surface area (Å²) in [5, 5.41) is 12.7. The Morgan fingerprint density at radius 1 is 1.06 bits per heavy atom. The molecule has 1 heterocycles. The zero-order chi connectivity index (χ0) is 22.7. The van der Waals surface area contributed by atoms with Crippen LogP contribution in [0, 0.1) is 0 Å². The monoisotopic (exact) mass is 463 g/mol. The van der Waals surface area contributed by atoms with Crippen LogP contribution in [-0.2, 0) is 12.0 Å². The summed E-state index contributed by atoms with van der Waals surface area (Å²) in [6.07, 6.45) is 0. The predicted octanol–water partition coefficient (Wildman–Crippen LogP) is 7.07.